The van der Waals surface area contributed by atoms with Crippen LogP contribution in [0.1, 0.15) is 13.8 Å². The summed E-state index contributed by atoms with van der Waals surface area (Å²) < 4.78 is 26.0. The lowest BCUT2D eigenvalue weighted by molar-refractivity contribution is 0.476. The highest BCUT2D eigenvalue weighted by Crippen LogP contribution is 2.21. The maximum atomic E-state index is 11.2. The van der Waals surface area contributed by atoms with Crippen LogP contribution in [0.2, 0.25) is 0 Å². The zero-order chi connectivity index (χ0) is 14.0. The Morgan fingerprint density at radius 1 is 1.39 bits per heavy atom. The van der Waals surface area contributed by atoms with E-state index in [-0.39, 0.29) is 0 Å². The highest BCUT2D eigenvalue weighted by Gasteiger charge is 2.21. The zero-order valence-corrected chi connectivity index (χ0v) is 13.6. The van der Waals surface area contributed by atoms with Crippen molar-refractivity contribution in [1.29, 1.82) is 0 Å². The van der Waals surface area contributed by atoms with Crippen LogP contribution in [0.4, 0.5) is 11.4 Å². The van der Waals surface area contributed by atoms with E-state index in [0.29, 0.717) is 12.2 Å². The number of nitrogens with one attached hydrogen (secondary N) is 2. The van der Waals surface area contributed by atoms with E-state index in [1.807, 2.05) is 32.0 Å². The molecule has 1 aromatic carbocycles. The molecule has 0 atom stereocenters. The third-order valence-corrected chi connectivity index (χ3v) is 3.99. The molecule has 18 heavy (non-hydrogen) atoms. The lowest BCUT2D eigenvalue weighted by atomic mass is 10.1. The number of rotatable bonds is 5. The predicted molar refractivity (Wildman–Crippen MR) is 84.1 cm³/mol. The van der Waals surface area contributed by atoms with Gasteiger partial charge in [-0.15, -0.1) is 0 Å². The lowest BCUT2D eigenvalue weighted by Crippen LogP contribution is -2.47. The third kappa shape index (κ3) is 5.40. The minimum atomic E-state index is -3.21. The number of halogens is 1. The molecule has 7 heteroatoms. The number of hydrogen-bond acceptors (Lipinski definition) is 4. The molecule has 0 radical (unpaired) electrons. The summed E-state index contributed by atoms with van der Waals surface area (Å²) in [5.41, 5.74) is 6.76. The number of sulfonamides is 1. The van der Waals surface area contributed by atoms with Crippen LogP contribution >= 0.6 is 22.6 Å². The Balaban J connectivity index is 2.70. The van der Waals surface area contributed by atoms with Crippen molar-refractivity contribution in [2.75, 3.05) is 23.9 Å². The molecule has 0 aliphatic heterocycles. The van der Waals surface area contributed by atoms with Crippen molar-refractivity contribution >= 4 is 44.0 Å². The van der Waals surface area contributed by atoms with Crippen LogP contribution < -0.4 is 15.8 Å². The Bertz CT molecular complexity index is 529. The standard InChI is InChI=1S/C11H18IN3O2S/c1-11(2,15-18(3,16)17)7-14-10-5-4-8(13)6-9(10)12/h4-6,14-15H,7,13H2,1-3H3. The zero-order valence-electron chi connectivity index (χ0n) is 10.6. The first kappa shape index (κ1) is 15.5. The molecule has 4 N–H and O–H groups in total. The second kappa shape index (κ2) is 5.62. The van der Waals surface area contributed by atoms with Gasteiger partial charge < -0.3 is 11.1 Å². The van der Waals surface area contributed by atoms with Gasteiger partial charge in [0.15, 0.2) is 0 Å². The number of hydrogen-bond donors (Lipinski definition) is 3. The van der Waals surface area contributed by atoms with E-state index >= 15 is 0 Å². The molecule has 0 aromatic heterocycles. The van der Waals surface area contributed by atoms with E-state index in [4.69, 9.17) is 5.73 Å². The molecule has 0 saturated heterocycles. The van der Waals surface area contributed by atoms with Gasteiger partial charge in [0.1, 0.15) is 0 Å². The average molecular weight is 383 g/mol. The van der Waals surface area contributed by atoms with Gasteiger partial charge in [0.2, 0.25) is 10.0 Å². The second-order valence-corrected chi connectivity index (χ2v) is 7.76. The molecule has 0 bridgehead atoms. The van der Waals surface area contributed by atoms with E-state index < -0.39 is 15.6 Å². The maximum absolute atomic E-state index is 11.2. The topological polar surface area (TPSA) is 84.2 Å². The highest BCUT2D eigenvalue weighted by atomic mass is 127. The fourth-order valence-electron chi connectivity index (χ4n) is 1.53. The minimum absolute atomic E-state index is 0.486. The molecule has 1 rings (SSSR count). The Morgan fingerprint density at radius 2 is 2.00 bits per heavy atom. The quantitative estimate of drug-likeness (QED) is 0.533. The fourth-order valence-corrected chi connectivity index (χ4v) is 3.33. The summed E-state index contributed by atoms with van der Waals surface area (Å²) in [5.74, 6) is 0. The molecule has 0 saturated carbocycles. The third-order valence-electron chi connectivity index (χ3n) is 2.18. The van der Waals surface area contributed by atoms with Gasteiger partial charge in [-0.25, -0.2) is 13.1 Å². The summed E-state index contributed by atoms with van der Waals surface area (Å²) in [7, 11) is -3.21. The summed E-state index contributed by atoms with van der Waals surface area (Å²) >= 11 is 2.18. The Labute approximate surface area is 122 Å². The Morgan fingerprint density at radius 3 is 2.50 bits per heavy atom. The lowest BCUT2D eigenvalue weighted by Gasteiger charge is -2.26. The molecule has 102 valence electrons. The van der Waals surface area contributed by atoms with Crippen LogP contribution in [0.3, 0.4) is 0 Å². The normalized spacial score (nSPS) is 12.4. The van der Waals surface area contributed by atoms with Gasteiger partial charge in [0.25, 0.3) is 0 Å². The maximum Gasteiger partial charge on any atom is 0.209 e. The van der Waals surface area contributed by atoms with Gasteiger partial charge >= 0.3 is 0 Å². The average Bonchev–Trinajstić information content (AvgIpc) is 2.12. The van der Waals surface area contributed by atoms with Crippen molar-refractivity contribution in [2.24, 2.45) is 0 Å². The van der Waals surface area contributed by atoms with Gasteiger partial charge in [0.05, 0.1) is 6.26 Å². The molecule has 1 aromatic rings. The van der Waals surface area contributed by atoms with Crippen LogP contribution in [-0.4, -0.2) is 26.8 Å². The van der Waals surface area contributed by atoms with E-state index in [2.05, 4.69) is 32.6 Å². The van der Waals surface area contributed by atoms with Crippen molar-refractivity contribution in [1.82, 2.24) is 4.72 Å². The van der Waals surface area contributed by atoms with E-state index in [0.717, 1.165) is 15.5 Å². The van der Waals surface area contributed by atoms with Crippen molar-refractivity contribution in [3.05, 3.63) is 21.8 Å². The second-order valence-electron chi connectivity index (χ2n) is 4.85. The van der Waals surface area contributed by atoms with Crippen molar-refractivity contribution in [3.8, 4) is 0 Å². The smallest absolute Gasteiger partial charge is 0.209 e. The minimum Gasteiger partial charge on any atom is -0.399 e. The molecule has 0 aliphatic carbocycles. The Hall–Kier alpha value is -0.540. The monoisotopic (exact) mass is 383 g/mol. The van der Waals surface area contributed by atoms with Gasteiger partial charge in [-0.1, -0.05) is 0 Å². The van der Waals surface area contributed by atoms with Crippen molar-refractivity contribution in [2.45, 2.75) is 19.4 Å². The molecular formula is C11H18IN3O2S. The Kier molecular flexibility index (Phi) is 4.84. The number of nitrogen functional groups attached to an aromatic ring is 1. The first-order chi connectivity index (χ1) is 8.09. The number of nitrogens with two attached hydrogens (primary N) is 1. The van der Waals surface area contributed by atoms with Crippen LogP contribution in [0.15, 0.2) is 18.2 Å². The molecule has 5 nitrogen and oxygen atoms in total. The molecule has 0 fully saturated rings. The van der Waals surface area contributed by atoms with Crippen LogP contribution in [0.5, 0.6) is 0 Å². The predicted octanol–water partition coefficient (Wildman–Crippen LogP) is 1.61. The van der Waals surface area contributed by atoms with E-state index in [9.17, 15) is 8.42 Å². The molecular weight excluding hydrogens is 365 g/mol. The summed E-state index contributed by atoms with van der Waals surface area (Å²) in [4.78, 5) is 0. The molecule has 0 unspecified atom stereocenters. The van der Waals surface area contributed by atoms with E-state index in [1.165, 1.54) is 0 Å². The number of benzene rings is 1. The van der Waals surface area contributed by atoms with Crippen molar-refractivity contribution < 1.29 is 8.42 Å². The van der Waals surface area contributed by atoms with Crippen LogP contribution in [0.25, 0.3) is 0 Å². The van der Waals surface area contributed by atoms with Gasteiger partial charge in [-0.3, -0.25) is 0 Å². The SMILES string of the molecule is CC(C)(CNc1ccc(N)cc1I)NS(C)(=O)=O. The summed E-state index contributed by atoms with van der Waals surface area (Å²) in [6.45, 7) is 4.14. The summed E-state index contributed by atoms with van der Waals surface area (Å²) in [6, 6.07) is 5.55. The first-order valence-corrected chi connectivity index (χ1v) is 8.34. The van der Waals surface area contributed by atoms with Crippen LogP contribution in [-0.2, 0) is 10.0 Å². The first-order valence-electron chi connectivity index (χ1n) is 5.37. The van der Waals surface area contributed by atoms with Crippen LogP contribution in [0, 0.1) is 3.57 Å². The largest absolute Gasteiger partial charge is 0.399 e. The highest BCUT2D eigenvalue weighted by molar-refractivity contribution is 14.1. The summed E-state index contributed by atoms with van der Waals surface area (Å²) in [5, 5.41) is 3.21. The van der Waals surface area contributed by atoms with E-state index in [1.54, 1.807) is 0 Å². The molecule has 0 aliphatic rings. The van der Waals surface area contributed by atoms with Gasteiger partial charge in [-0.2, -0.15) is 0 Å². The molecule has 0 amide bonds. The molecule has 0 spiro atoms. The van der Waals surface area contributed by atoms with Gasteiger partial charge in [-0.05, 0) is 54.6 Å². The molecule has 0 heterocycles. The number of anilines is 2. The fraction of sp³-hybridized carbons (Fsp3) is 0.455. The van der Waals surface area contributed by atoms with Crippen molar-refractivity contribution in [3.63, 3.8) is 0 Å². The van der Waals surface area contributed by atoms with Gasteiger partial charge in [0, 0.05) is 27.0 Å². The summed E-state index contributed by atoms with van der Waals surface area (Å²) in [6.07, 6.45) is 1.15.